The number of carbonyl (C=O) groups excluding carboxylic acids is 1. The Hall–Kier alpha value is -3.15. The molecule has 4 rings (SSSR count). The van der Waals surface area contributed by atoms with E-state index in [0.29, 0.717) is 25.3 Å². The van der Waals surface area contributed by atoms with E-state index in [1.807, 2.05) is 28.9 Å². The van der Waals surface area contributed by atoms with Gasteiger partial charge in [-0.3, -0.25) is 4.79 Å². The highest BCUT2D eigenvalue weighted by Gasteiger charge is 2.28. The van der Waals surface area contributed by atoms with Gasteiger partial charge in [-0.15, -0.1) is 0 Å². The Morgan fingerprint density at radius 2 is 1.90 bits per heavy atom. The monoisotopic (exact) mass is 393 g/mol. The van der Waals surface area contributed by atoms with Crippen molar-refractivity contribution in [1.29, 1.82) is 0 Å². The average molecular weight is 393 g/mol. The van der Waals surface area contributed by atoms with Crippen molar-refractivity contribution in [3.63, 3.8) is 0 Å². The van der Waals surface area contributed by atoms with Gasteiger partial charge in [0.15, 0.2) is 0 Å². The van der Waals surface area contributed by atoms with E-state index in [9.17, 15) is 9.18 Å². The van der Waals surface area contributed by atoms with E-state index in [-0.39, 0.29) is 11.7 Å². The Kier molecular flexibility index (Phi) is 5.60. The molecular formula is C23H24FN3O2. The molecule has 0 aliphatic heterocycles. The molecule has 29 heavy (non-hydrogen) atoms. The van der Waals surface area contributed by atoms with Gasteiger partial charge in [0.25, 0.3) is 0 Å². The van der Waals surface area contributed by atoms with Crippen molar-refractivity contribution in [1.82, 2.24) is 15.1 Å². The molecule has 3 aromatic rings. The number of rotatable bonds is 8. The molecule has 1 N–H and O–H groups in total. The van der Waals surface area contributed by atoms with Crippen molar-refractivity contribution >= 4 is 5.91 Å². The van der Waals surface area contributed by atoms with Crippen molar-refractivity contribution in [2.45, 2.75) is 38.1 Å². The molecule has 150 valence electrons. The van der Waals surface area contributed by atoms with Gasteiger partial charge in [0.05, 0.1) is 18.5 Å². The number of hydrogen-bond acceptors (Lipinski definition) is 3. The third-order valence-corrected chi connectivity index (χ3v) is 5.11. The third-order valence-electron chi connectivity index (χ3n) is 5.11. The molecule has 1 aromatic heterocycles. The third kappa shape index (κ3) is 4.83. The quantitative estimate of drug-likeness (QED) is 0.626. The number of nitrogens with one attached hydrogen (secondary N) is 1. The number of hydrogen-bond donors (Lipinski definition) is 1. The zero-order chi connectivity index (χ0) is 20.2. The summed E-state index contributed by atoms with van der Waals surface area (Å²) >= 11 is 0. The molecule has 0 atom stereocenters. The maximum Gasteiger partial charge on any atom is 0.220 e. The normalized spacial score (nSPS) is 13.3. The molecule has 0 saturated heterocycles. The van der Waals surface area contributed by atoms with Crippen molar-refractivity contribution < 1.29 is 13.9 Å². The van der Waals surface area contributed by atoms with Gasteiger partial charge in [0.2, 0.25) is 5.91 Å². The number of amides is 1. The van der Waals surface area contributed by atoms with E-state index < -0.39 is 0 Å². The number of nitrogens with zero attached hydrogens (tertiary/aromatic N) is 2. The van der Waals surface area contributed by atoms with Crippen LogP contribution in [0.4, 0.5) is 4.39 Å². The molecule has 6 heteroatoms. The van der Waals surface area contributed by atoms with Gasteiger partial charge in [-0.2, -0.15) is 5.10 Å². The lowest BCUT2D eigenvalue weighted by molar-refractivity contribution is -0.121. The van der Waals surface area contributed by atoms with E-state index >= 15 is 0 Å². The number of halogens is 1. The summed E-state index contributed by atoms with van der Waals surface area (Å²) in [5.41, 5.74) is 4.00. The molecule has 1 aliphatic carbocycles. The highest BCUT2D eigenvalue weighted by molar-refractivity contribution is 5.76. The van der Waals surface area contributed by atoms with Crippen LogP contribution in [0.3, 0.4) is 0 Å². The summed E-state index contributed by atoms with van der Waals surface area (Å²) in [6.07, 6.45) is 3.31. The second kappa shape index (κ2) is 8.47. The molecule has 0 bridgehead atoms. The van der Waals surface area contributed by atoms with E-state index in [1.165, 1.54) is 30.7 Å². The minimum Gasteiger partial charge on any atom is -0.497 e. The summed E-state index contributed by atoms with van der Waals surface area (Å²) in [6.45, 7) is 0.396. The van der Waals surface area contributed by atoms with Crippen LogP contribution in [-0.4, -0.2) is 22.8 Å². The number of aryl methyl sites for hydroxylation is 1. The summed E-state index contributed by atoms with van der Waals surface area (Å²) in [6, 6.07) is 16.1. The van der Waals surface area contributed by atoms with E-state index in [1.54, 1.807) is 19.2 Å². The fraction of sp³-hybridized carbons (Fsp3) is 0.304. The standard InChI is InChI=1S/C23H24FN3O2/c1-29-21-11-9-20(10-12-21)27-22(17-4-5-17)14-19(26-27)8-13-23(28)25-15-16-2-6-18(24)7-3-16/h2-3,6-7,9-12,14,17H,4-5,8,13,15H2,1H3,(H,25,28). The van der Waals surface area contributed by atoms with Crippen molar-refractivity contribution in [3.8, 4) is 11.4 Å². The highest BCUT2D eigenvalue weighted by Crippen LogP contribution is 2.41. The number of carbonyl (C=O) groups is 1. The minimum absolute atomic E-state index is 0.0405. The van der Waals surface area contributed by atoms with Crippen LogP contribution in [0.5, 0.6) is 5.75 Å². The van der Waals surface area contributed by atoms with Crippen LogP contribution in [0.2, 0.25) is 0 Å². The zero-order valence-electron chi connectivity index (χ0n) is 16.4. The van der Waals surface area contributed by atoms with Crippen LogP contribution in [0, 0.1) is 5.82 Å². The van der Waals surface area contributed by atoms with Crippen LogP contribution in [0.1, 0.15) is 42.1 Å². The molecule has 1 amide bonds. The van der Waals surface area contributed by atoms with Crippen molar-refractivity contribution in [2.75, 3.05) is 7.11 Å². The number of ether oxygens (including phenoxy) is 1. The van der Waals surface area contributed by atoms with Gasteiger partial charge >= 0.3 is 0 Å². The maximum atomic E-state index is 12.9. The van der Waals surface area contributed by atoms with Gasteiger partial charge in [0.1, 0.15) is 11.6 Å². The number of aromatic nitrogens is 2. The molecule has 1 heterocycles. The lowest BCUT2D eigenvalue weighted by atomic mass is 10.2. The second-order valence-electron chi connectivity index (χ2n) is 7.35. The topological polar surface area (TPSA) is 56.2 Å². The molecule has 1 fully saturated rings. The Labute approximate surface area is 169 Å². The Balaban J connectivity index is 1.38. The molecule has 0 radical (unpaired) electrons. The smallest absolute Gasteiger partial charge is 0.220 e. The molecule has 0 unspecified atom stereocenters. The maximum absolute atomic E-state index is 12.9. The van der Waals surface area contributed by atoms with Gasteiger partial charge in [-0.05, 0) is 60.9 Å². The summed E-state index contributed by atoms with van der Waals surface area (Å²) in [5, 5.41) is 7.63. The lowest BCUT2D eigenvalue weighted by Crippen LogP contribution is -2.23. The first-order valence-electron chi connectivity index (χ1n) is 9.87. The largest absolute Gasteiger partial charge is 0.497 e. The Morgan fingerprint density at radius 3 is 2.55 bits per heavy atom. The van der Waals surface area contributed by atoms with Crippen LogP contribution in [0.25, 0.3) is 5.69 Å². The molecule has 0 spiro atoms. The zero-order valence-corrected chi connectivity index (χ0v) is 16.4. The van der Waals surface area contributed by atoms with Crippen molar-refractivity contribution in [3.05, 3.63) is 77.4 Å². The highest BCUT2D eigenvalue weighted by atomic mass is 19.1. The van der Waals surface area contributed by atoms with Gasteiger partial charge in [0, 0.05) is 31.0 Å². The van der Waals surface area contributed by atoms with Crippen LogP contribution >= 0.6 is 0 Å². The van der Waals surface area contributed by atoms with Crippen molar-refractivity contribution in [2.24, 2.45) is 0 Å². The number of methoxy groups -OCH3 is 1. The average Bonchev–Trinajstić information content (AvgIpc) is 3.51. The fourth-order valence-corrected chi connectivity index (χ4v) is 3.30. The molecular weight excluding hydrogens is 369 g/mol. The Bertz CT molecular complexity index is 976. The first kappa shape index (κ1) is 19.2. The lowest BCUT2D eigenvalue weighted by Gasteiger charge is -2.07. The molecule has 2 aromatic carbocycles. The SMILES string of the molecule is COc1ccc(-n2nc(CCC(=O)NCc3ccc(F)cc3)cc2C2CC2)cc1. The summed E-state index contributed by atoms with van der Waals surface area (Å²) < 4.78 is 20.2. The molecule has 5 nitrogen and oxygen atoms in total. The van der Waals surface area contributed by atoms with E-state index in [2.05, 4.69) is 11.4 Å². The van der Waals surface area contributed by atoms with Crippen LogP contribution in [0.15, 0.2) is 54.6 Å². The predicted octanol–water partition coefficient (Wildman–Crippen LogP) is 4.15. The number of benzene rings is 2. The van der Waals surface area contributed by atoms with E-state index in [4.69, 9.17) is 9.84 Å². The second-order valence-corrected chi connectivity index (χ2v) is 7.35. The van der Waals surface area contributed by atoms with Gasteiger partial charge < -0.3 is 10.1 Å². The Morgan fingerprint density at radius 1 is 1.17 bits per heavy atom. The van der Waals surface area contributed by atoms with E-state index in [0.717, 1.165) is 22.7 Å². The molecule has 1 saturated carbocycles. The first-order valence-corrected chi connectivity index (χ1v) is 9.87. The predicted molar refractivity (Wildman–Crippen MR) is 109 cm³/mol. The van der Waals surface area contributed by atoms with Gasteiger partial charge in [-0.1, -0.05) is 12.1 Å². The van der Waals surface area contributed by atoms with Crippen LogP contribution in [-0.2, 0) is 17.8 Å². The first-order chi connectivity index (χ1) is 14.1. The van der Waals surface area contributed by atoms with Gasteiger partial charge in [-0.25, -0.2) is 9.07 Å². The minimum atomic E-state index is -0.279. The molecule has 1 aliphatic rings. The summed E-state index contributed by atoms with van der Waals surface area (Å²) in [4.78, 5) is 12.2. The fourth-order valence-electron chi connectivity index (χ4n) is 3.30. The summed E-state index contributed by atoms with van der Waals surface area (Å²) in [5.74, 6) is 1.04. The van der Waals surface area contributed by atoms with Crippen LogP contribution < -0.4 is 10.1 Å². The summed E-state index contributed by atoms with van der Waals surface area (Å²) in [7, 11) is 1.65.